The number of aryl methyl sites for hydroxylation is 1. The van der Waals surface area contributed by atoms with Gasteiger partial charge in [-0.2, -0.15) is 4.98 Å². The van der Waals surface area contributed by atoms with Gasteiger partial charge in [-0.05, 0) is 13.8 Å². The minimum Gasteiger partial charge on any atom is -0.369 e. The number of hydrogen-bond acceptors (Lipinski definition) is 8. The van der Waals surface area contributed by atoms with E-state index in [0.29, 0.717) is 30.5 Å². The van der Waals surface area contributed by atoms with E-state index in [4.69, 9.17) is 10.4 Å². The van der Waals surface area contributed by atoms with Crippen molar-refractivity contribution < 1.29 is 4.52 Å². The molecule has 0 bridgehead atoms. The maximum Gasteiger partial charge on any atom is 0.228 e. The van der Waals surface area contributed by atoms with Gasteiger partial charge in [0.2, 0.25) is 5.89 Å². The Bertz CT molecular complexity index is 609. The minimum absolute atomic E-state index is 0.219. The Morgan fingerprint density at radius 3 is 2.43 bits per heavy atom. The van der Waals surface area contributed by atoms with Crippen LogP contribution in [0.5, 0.6) is 0 Å². The molecule has 8 nitrogen and oxygen atoms in total. The zero-order valence-corrected chi connectivity index (χ0v) is 12.8. The number of hydrogen-bond donors (Lipinski definition) is 3. The summed E-state index contributed by atoms with van der Waals surface area (Å²) in [6.07, 6.45) is 0.632. The Hall–Kier alpha value is -2.22. The number of nitrogen functional groups attached to an aromatic ring is 1. The highest BCUT2D eigenvalue weighted by Gasteiger charge is 2.12. The lowest BCUT2D eigenvalue weighted by Gasteiger charge is -2.14. The Balaban J connectivity index is 2.09. The highest BCUT2D eigenvalue weighted by atomic mass is 16.5. The average molecular weight is 291 g/mol. The molecule has 0 saturated heterocycles. The van der Waals surface area contributed by atoms with E-state index in [1.807, 2.05) is 20.8 Å². The van der Waals surface area contributed by atoms with Crippen molar-refractivity contribution in [3.63, 3.8) is 0 Å². The predicted octanol–water partition coefficient (Wildman–Crippen LogP) is 1.54. The topological polar surface area (TPSA) is 115 Å². The largest absolute Gasteiger partial charge is 0.369 e. The van der Waals surface area contributed by atoms with Crippen LogP contribution in [-0.4, -0.2) is 26.7 Å². The first-order valence-electron chi connectivity index (χ1n) is 6.89. The van der Waals surface area contributed by atoms with Gasteiger partial charge in [0.25, 0.3) is 0 Å². The summed E-state index contributed by atoms with van der Waals surface area (Å²) < 4.78 is 5.07. The third kappa shape index (κ3) is 3.66. The van der Waals surface area contributed by atoms with E-state index in [0.717, 1.165) is 17.2 Å². The molecular weight excluding hydrogens is 270 g/mol. The molecule has 0 radical (unpaired) electrons. The summed E-state index contributed by atoms with van der Waals surface area (Å²) in [6, 6.07) is 0. The lowest BCUT2D eigenvalue weighted by Crippen LogP contribution is -2.16. The third-order valence-corrected chi connectivity index (χ3v) is 3.02. The molecule has 4 N–H and O–H groups in total. The van der Waals surface area contributed by atoms with Crippen LogP contribution in [0.3, 0.4) is 0 Å². The van der Waals surface area contributed by atoms with Crippen LogP contribution >= 0.6 is 0 Å². The van der Waals surface area contributed by atoms with Gasteiger partial charge in [0.1, 0.15) is 17.5 Å². The van der Waals surface area contributed by atoms with Gasteiger partial charge < -0.3 is 15.3 Å². The third-order valence-electron chi connectivity index (χ3n) is 3.02. The second-order valence-electron chi connectivity index (χ2n) is 5.12. The summed E-state index contributed by atoms with van der Waals surface area (Å²) >= 11 is 0. The molecular formula is C13H21N7O. The summed E-state index contributed by atoms with van der Waals surface area (Å²) in [5.41, 5.74) is 3.49. The summed E-state index contributed by atoms with van der Waals surface area (Å²) in [5, 5.41) is 7.02. The van der Waals surface area contributed by atoms with Crippen LogP contribution in [0.4, 0.5) is 11.6 Å². The van der Waals surface area contributed by atoms with Crippen molar-refractivity contribution >= 4 is 11.6 Å². The fraction of sp³-hybridized carbons (Fsp3) is 0.538. The Morgan fingerprint density at radius 1 is 1.14 bits per heavy atom. The number of rotatable bonds is 6. The monoisotopic (exact) mass is 291 g/mol. The summed E-state index contributed by atoms with van der Waals surface area (Å²) in [7, 11) is 0. The number of anilines is 2. The van der Waals surface area contributed by atoms with E-state index in [2.05, 4.69) is 30.9 Å². The molecule has 0 unspecified atom stereocenters. The van der Waals surface area contributed by atoms with E-state index in [1.54, 1.807) is 6.92 Å². The molecule has 0 aliphatic carbocycles. The Morgan fingerprint density at radius 2 is 1.86 bits per heavy atom. The summed E-state index contributed by atoms with van der Waals surface area (Å²) in [4.78, 5) is 13.1. The minimum atomic E-state index is 0.219. The molecule has 0 amide bonds. The van der Waals surface area contributed by atoms with Crippen LogP contribution in [0.25, 0.3) is 0 Å². The number of hydrazine groups is 1. The van der Waals surface area contributed by atoms with Crippen LogP contribution in [-0.2, 0) is 6.42 Å². The smallest absolute Gasteiger partial charge is 0.228 e. The zero-order valence-electron chi connectivity index (χ0n) is 12.8. The molecule has 0 spiro atoms. The van der Waals surface area contributed by atoms with Crippen LogP contribution in [0.15, 0.2) is 4.52 Å². The Labute approximate surface area is 123 Å². The van der Waals surface area contributed by atoms with E-state index >= 15 is 0 Å². The quantitative estimate of drug-likeness (QED) is 0.542. The first kappa shape index (κ1) is 15.2. The van der Waals surface area contributed by atoms with Crippen molar-refractivity contribution in [3.05, 3.63) is 23.1 Å². The van der Waals surface area contributed by atoms with Gasteiger partial charge in [-0.3, -0.25) is 0 Å². The maximum atomic E-state index is 5.51. The highest BCUT2D eigenvalue weighted by molar-refractivity contribution is 5.56. The first-order valence-corrected chi connectivity index (χ1v) is 6.89. The highest BCUT2D eigenvalue weighted by Crippen LogP contribution is 2.22. The van der Waals surface area contributed by atoms with Crippen molar-refractivity contribution in [2.75, 3.05) is 17.3 Å². The molecule has 114 valence electrons. The number of aromatic nitrogens is 4. The molecule has 2 aromatic heterocycles. The second-order valence-corrected chi connectivity index (χ2v) is 5.12. The normalized spacial score (nSPS) is 11.0. The molecule has 2 aromatic rings. The molecule has 0 fully saturated rings. The van der Waals surface area contributed by atoms with E-state index in [-0.39, 0.29) is 5.92 Å². The predicted molar refractivity (Wildman–Crippen MR) is 79.9 cm³/mol. The van der Waals surface area contributed by atoms with Gasteiger partial charge in [-0.1, -0.05) is 19.0 Å². The molecule has 0 saturated carbocycles. The maximum absolute atomic E-state index is 5.51. The molecule has 0 aliphatic rings. The van der Waals surface area contributed by atoms with Crippen LogP contribution in [0, 0.1) is 13.8 Å². The molecule has 8 heteroatoms. The van der Waals surface area contributed by atoms with Gasteiger partial charge in [0, 0.05) is 24.4 Å². The standard InChI is InChI=1S/C13H21N7O/c1-7(2)11-17-12(8(3)13(18-11)19-14)15-6-5-10-16-9(4)20-21-10/h7H,5-6,14H2,1-4H3,(H2,15,17,18,19). The first-order chi connectivity index (χ1) is 10.0. The van der Waals surface area contributed by atoms with Gasteiger partial charge in [-0.15, -0.1) is 0 Å². The fourth-order valence-corrected chi connectivity index (χ4v) is 1.83. The van der Waals surface area contributed by atoms with Gasteiger partial charge in [0.15, 0.2) is 5.82 Å². The molecule has 2 heterocycles. The fourth-order valence-electron chi connectivity index (χ4n) is 1.83. The molecule has 2 rings (SSSR count). The summed E-state index contributed by atoms with van der Waals surface area (Å²) in [5.74, 6) is 9.10. The number of nitrogens with two attached hydrogens (primary N) is 1. The van der Waals surface area contributed by atoms with Gasteiger partial charge >= 0.3 is 0 Å². The zero-order chi connectivity index (χ0) is 15.4. The number of nitrogens with one attached hydrogen (secondary N) is 2. The van der Waals surface area contributed by atoms with E-state index in [1.165, 1.54) is 0 Å². The number of nitrogens with zero attached hydrogens (tertiary/aromatic N) is 4. The van der Waals surface area contributed by atoms with Crippen molar-refractivity contribution in [2.45, 2.75) is 40.0 Å². The van der Waals surface area contributed by atoms with Crippen LogP contribution in [0.2, 0.25) is 0 Å². The molecule has 0 aliphatic heterocycles. The van der Waals surface area contributed by atoms with Gasteiger partial charge in [0.05, 0.1) is 0 Å². The summed E-state index contributed by atoms with van der Waals surface area (Å²) in [6.45, 7) is 8.43. The lowest BCUT2D eigenvalue weighted by molar-refractivity contribution is 0.377. The molecule has 21 heavy (non-hydrogen) atoms. The van der Waals surface area contributed by atoms with Crippen LogP contribution < -0.4 is 16.6 Å². The second kappa shape index (κ2) is 6.49. The van der Waals surface area contributed by atoms with Crippen molar-refractivity contribution in [3.8, 4) is 0 Å². The van der Waals surface area contributed by atoms with Crippen LogP contribution in [0.1, 0.15) is 42.9 Å². The van der Waals surface area contributed by atoms with Crippen molar-refractivity contribution in [2.24, 2.45) is 5.84 Å². The lowest BCUT2D eigenvalue weighted by atomic mass is 10.2. The van der Waals surface area contributed by atoms with E-state index in [9.17, 15) is 0 Å². The molecule has 0 atom stereocenters. The van der Waals surface area contributed by atoms with E-state index < -0.39 is 0 Å². The van der Waals surface area contributed by atoms with Crippen molar-refractivity contribution in [1.29, 1.82) is 0 Å². The SMILES string of the molecule is Cc1noc(CCNc2nc(C(C)C)nc(NN)c2C)n1. The molecule has 0 aromatic carbocycles. The van der Waals surface area contributed by atoms with Gasteiger partial charge in [-0.25, -0.2) is 15.8 Å². The van der Waals surface area contributed by atoms with Crippen molar-refractivity contribution in [1.82, 2.24) is 20.1 Å². The average Bonchev–Trinajstić information content (AvgIpc) is 2.86. The Kier molecular flexibility index (Phi) is 4.69.